The maximum atomic E-state index is 14.6. The van der Waals surface area contributed by atoms with Gasteiger partial charge in [-0.1, -0.05) is 66.2 Å². The van der Waals surface area contributed by atoms with Crippen molar-refractivity contribution in [3.8, 4) is 0 Å². The van der Waals surface area contributed by atoms with Gasteiger partial charge in [0.15, 0.2) is 0 Å². The molecule has 0 aromatic rings. The number of amides is 5. The average molecular weight is 707 g/mol. The number of sulfonamides is 1. The van der Waals surface area contributed by atoms with Gasteiger partial charge in [0.1, 0.15) is 12.1 Å². The smallest absolute Gasteiger partial charge is 0.315 e. The van der Waals surface area contributed by atoms with Crippen molar-refractivity contribution in [1.82, 2.24) is 30.5 Å². The van der Waals surface area contributed by atoms with E-state index in [2.05, 4.69) is 21.3 Å². The summed E-state index contributed by atoms with van der Waals surface area (Å²) >= 11 is 0. The average Bonchev–Trinajstić information content (AvgIpc) is 3.50. The van der Waals surface area contributed by atoms with Gasteiger partial charge < -0.3 is 26.2 Å². The minimum atomic E-state index is -3.59. The van der Waals surface area contributed by atoms with Gasteiger partial charge in [-0.2, -0.15) is 0 Å². The third kappa shape index (κ3) is 8.10. The van der Waals surface area contributed by atoms with E-state index in [9.17, 15) is 32.4 Å². The van der Waals surface area contributed by atoms with E-state index < -0.39 is 68.0 Å². The molecule has 2 aliphatic heterocycles. The first-order valence-corrected chi connectivity index (χ1v) is 20.1. The predicted molar refractivity (Wildman–Crippen MR) is 185 cm³/mol. The molecule has 0 unspecified atom stereocenters. The normalized spacial score (nSPS) is 29.0. The first-order valence-electron chi connectivity index (χ1n) is 18.6. The molecule has 276 valence electrons. The summed E-state index contributed by atoms with van der Waals surface area (Å²) in [5.74, 6) is -1.87. The highest BCUT2D eigenvalue weighted by molar-refractivity contribution is 7.90. The van der Waals surface area contributed by atoms with Crippen molar-refractivity contribution in [1.29, 1.82) is 0 Å². The number of nitrogens with zero attached hydrogens (tertiary/aromatic N) is 2. The molecule has 3 aliphatic carbocycles. The molecular weight excluding hydrogens is 648 g/mol. The molecule has 5 aliphatic rings. The number of hydrogen-bond donors (Lipinski definition) is 4. The molecule has 0 aromatic heterocycles. The van der Waals surface area contributed by atoms with E-state index in [4.69, 9.17) is 0 Å². The zero-order chi connectivity index (χ0) is 35.7. The zero-order valence-corrected chi connectivity index (χ0v) is 30.8. The maximum absolute atomic E-state index is 14.6. The van der Waals surface area contributed by atoms with Gasteiger partial charge >= 0.3 is 6.03 Å². The second-order valence-corrected chi connectivity index (χ2v) is 18.6. The molecule has 0 aromatic carbocycles. The molecule has 2 saturated heterocycles. The number of likely N-dealkylation sites (tertiary alicyclic amines) is 1. The number of hydrogen-bond acceptors (Lipinski definition) is 7. The summed E-state index contributed by atoms with van der Waals surface area (Å²) in [5.41, 5.74) is -1.68. The fraction of sp³-hybridized carbons (Fsp3) is 0.857. The molecule has 5 fully saturated rings. The molecule has 6 atom stereocenters. The summed E-state index contributed by atoms with van der Waals surface area (Å²) in [6, 6.07) is -3.39. The van der Waals surface area contributed by atoms with E-state index >= 15 is 0 Å². The Bertz CT molecular complexity index is 1390. The first-order chi connectivity index (χ1) is 23.1. The lowest BCUT2D eigenvalue weighted by Crippen LogP contribution is -2.65. The topological polar surface area (TPSA) is 174 Å². The Morgan fingerprint density at radius 3 is 2.20 bits per heavy atom. The third-order valence-corrected chi connectivity index (χ3v) is 14.2. The fourth-order valence-corrected chi connectivity index (χ4v) is 10.9. The van der Waals surface area contributed by atoms with Gasteiger partial charge in [-0.05, 0) is 68.1 Å². The summed E-state index contributed by atoms with van der Waals surface area (Å²) in [7, 11) is -2.02. The van der Waals surface area contributed by atoms with E-state index in [1.165, 1.54) is 4.31 Å². The van der Waals surface area contributed by atoms with Gasteiger partial charge in [0.2, 0.25) is 27.6 Å². The van der Waals surface area contributed by atoms with Crippen LogP contribution in [0.1, 0.15) is 111 Å². The van der Waals surface area contributed by atoms with E-state index in [-0.39, 0.29) is 23.7 Å². The number of rotatable bonds is 12. The van der Waals surface area contributed by atoms with Crippen molar-refractivity contribution in [3.05, 3.63) is 0 Å². The first kappa shape index (κ1) is 37.5. The van der Waals surface area contributed by atoms with Gasteiger partial charge in [0.25, 0.3) is 5.91 Å². The largest absolute Gasteiger partial charge is 0.349 e. The van der Waals surface area contributed by atoms with Gasteiger partial charge in [-0.3, -0.25) is 19.2 Å². The Balaban J connectivity index is 1.35. The van der Waals surface area contributed by atoms with Crippen LogP contribution in [0.2, 0.25) is 0 Å². The van der Waals surface area contributed by atoms with Gasteiger partial charge in [0, 0.05) is 26.7 Å². The van der Waals surface area contributed by atoms with Crippen molar-refractivity contribution in [2.75, 3.05) is 26.7 Å². The molecule has 0 bridgehead atoms. The third-order valence-electron chi connectivity index (χ3n) is 11.7. The number of carbonyl (C=O) groups is 5. The van der Waals surface area contributed by atoms with Crippen LogP contribution in [-0.4, -0.2) is 103 Å². The molecular formula is C35H58N6O7S. The molecule has 0 spiro atoms. The second-order valence-electron chi connectivity index (χ2n) is 16.4. The van der Waals surface area contributed by atoms with Crippen molar-refractivity contribution in [2.45, 2.75) is 140 Å². The predicted octanol–water partition coefficient (Wildman–Crippen LogP) is 2.44. The highest BCUT2D eigenvalue weighted by Gasteiger charge is 2.54. The summed E-state index contributed by atoms with van der Waals surface area (Å²) in [6.07, 6.45) is 9.63. The van der Waals surface area contributed by atoms with Crippen LogP contribution in [0.3, 0.4) is 0 Å². The van der Waals surface area contributed by atoms with Crippen LogP contribution in [-0.2, 0) is 29.2 Å². The second kappa shape index (κ2) is 14.9. The monoisotopic (exact) mass is 706 g/mol. The fourth-order valence-electron chi connectivity index (χ4n) is 8.80. The van der Waals surface area contributed by atoms with E-state index in [0.717, 1.165) is 51.4 Å². The number of nitrogens with one attached hydrogen (secondary N) is 4. The van der Waals surface area contributed by atoms with Crippen LogP contribution in [0.25, 0.3) is 0 Å². The Labute approximate surface area is 291 Å². The van der Waals surface area contributed by atoms with E-state index in [1.807, 2.05) is 27.7 Å². The Kier molecular flexibility index (Phi) is 11.4. The van der Waals surface area contributed by atoms with Crippen LogP contribution in [0.5, 0.6) is 0 Å². The van der Waals surface area contributed by atoms with E-state index in [1.54, 1.807) is 11.9 Å². The molecule has 3 saturated carbocycles. The Hall–Kier alpha value is -2.74. The number of carbonyl (C=O) groups excluding carboxylic acids is 5. The summed E-state index contributed by atoms with van der Waals surface area (Å²) in [5, 5.41) is 10.8. The van der Waals surface area contributed by atoms with Crippen LogP contribution in [0.4, 0.5) is 4.79 Å². The van der Waals surface area contributed by atoms with Gasteiger partial charge in [-0.25, -0.2) is 17.5 Å². The lowest BCUT2D eigenvalue weighted by atomic mass is 9.78. The highest BCUT2D eigenvalue weighted by Crippen LogP contribution is 2.44. The quantitative estimate of drug-likeness (QED) is 0.226. The summed E-state index contributed by atoms with van der Waals surface area (Å²) in [6.45, 7) is 8.60. The summed E-state index contributed by atoms with van der Waals surface area (Å²) in [4.78, 5) is 70.0. The molecule has 5 rings (SSSR count). The van der Waals surface area contributed by atoms with Gasteiger partial charge in [-0.15, -0.1) is 0 Å². The number of Topliss-reactive ketones (excluding diaryl/α,β-unsaturated/α-hetero) is 1. The standard InChI is InChI=1S/C35H58N6O7S/c1-6-18-36-31(44)28(42)25(20-22-13-14-22)37-30(43)27-24-12-10-11-23(24)21-41(27)32(45)29(34(2,3)4)38-33(46)39-35(16-8-7-9-17-35)26-15-19-40(5)49(26,47)48/h22-27,29H,6-21H2,1-5H3,(H,36,44)(H,37,43)(H2,38,39,46)/t23-,24-,25-,26-,27-,29+/m0/s1. The van der Waals surface area contributed by atoms with Crippen LogP contribution in [0, 0.1) is 23.2 Å². The minimum absolute atomic E-state index is 0.0842. The SMILES string of the molecule is CCCNC(=O)C(=O)[C@H](CC1CC1)NC(=O)[C@@H]1[C@H]2CCC[C@H]2CN1C(=O)[C@@H](NC(=O)NC1([C@@H]2CCN(C)S2(=O)=O)CCCCC1)C(C)(C)C. The number of urea groups is 1. The maximum Gasteiger partial charge on any atom is 0.315 e. The zero-order valence-electron chi connectivity index (χ0n) is 30.0. The molecule has 49 heavy (non-hydrogen) atoms. The number of ketones is 1. The molecule has 13 nitrogen and oxygen atoms in total. The van der Waals surface area contributed by atoms with Crippen molar-refractivity contribution in [2.24, 2.45) is 23.2 Å². The van der Waals surface area contributed by atoms with Crippen molar-refractivity contribution in [3.63, 3.8) is 0 Å². The lowest BCUT2D eigenvalue weighted by Gasteiger charge is -2.43. The van der Waals surface area contributed by atoms with Crippen LogP contribution in [0.15, 0.2) is 0 Å². The molecule has 0 radical (unpaired) electrons. The van der Waals surface area contributed by atoms with Crippen molar-refractivity contribution >= 4 is 39.6 Å². The molecule has 2 heterocycles. The lowest BCUT2D eigenvalue weighted by molar-refractivity contribution is -0.144. The highest BCUT2D eigenvalue weighted by atomic mass is 32.2. The van der Waals surface area contributed by atoms with Crippen LogP contribution < -0.4 is 21.3 Å². The summed E-state index contributed by atoms with van der Waals surface area (Å²) < 4.78 is 28.0. The molecule has 4 N–H and O–H groups in total. The van der Waals surface area contributed by atoms with Crippen molar-refractivity contribution < 1.29 is 32.4 Å². The van der Waals surface area contributed by atoms with Gasteiger partial charge in [0.05, 0.1) is 16.8 Å². The van der Waals surface area contributed by atoms with E-state index in [0.29, 0.717) is 51.7 Å². The number of fused-ring (bicyclic) bond motifs is 1. The Morgan fingerprint density at radius 2 is 1.61 bits per heavy atom. The Morgan fingerprint density at radius 1 is 0.918 bits per heavy atom. The molecule has 14 heteroatoms. The minimum Gasteiger partial charge on any atom is -0.349 e. The molecule has 5 amide bonds. The van der Waals surface area contributed by atoms with Crippen LogP contribution >= 0.6 is 0 Å².